The van der Waals surface area contributed by atoms with Crippen LogP contribution in [0.25, 0.3) is 0 Å². The van der Waals surface area contributed by atoms with E-state index in [9.17, 15) is 0 Å². The number of methoxy groups -OCH3 is 1. The molecule has 0 aliphatic heterocycles. The van der Waals surface area contributed by atoms with Crippen LogP contribution in [0.5, 0.6) is 5.75 Å². The third-order valence-corrected chi connectivity index (χ3v) is 3.70. The molecule has 0 bridgehead atoms. The van der Waals surface area contributed by atoms with Crippen LogP contribution in [-0.2, 0) is 0 Å². The number of benzene rings is 1. The van der Waals surface area contributed by atoms with Gasteiger partial charge in [-0.3, -0.25) is 0 Å². The number of aryl methyl sites for hydroxylation is 1. The Kier molecular flexibility index (Phi) is 3.79. The summed E-state index contributed by atoms with van der Waals surface area (Å²) in [6.45, 7) is 1.90. The molecule has 1 aromatic heterocycles. The largest absolute Gasteiger partial charge is 0.497 e. The van der Waals surface area contributed by atoms with Crippen LogP contribution >= 0.6 is 27.5 Å². The highest BCUT2D eigenvalue weighted by Crippen LogP contribution is 2.36. The lowest BCUT2D eigenvalue weighted by molar-refractivity contribution is 0.414. The molecule has 17 heavy (non-hydrogen) atoms. The molecule has 0 spiro atoms. The van der Waals surface area contributed by atoms with E-state index >= 15 is 0 Å². The number of hydrogen-bond acceptors (Lipinski definition) is 2. The van der Waals surface area contributed by atoms with Gasteiger partial charge in [-0.25, -0.2) is 0 Å². The van der Waals surface area contributed by atoms with Gasteiger partial charge < -0.3 is 9.15 Å². The van der Waals surface area contributed by atoms with E-state index in [-0.39, 0.29) is 5.38 Å². The van der Waals surface area contributed by atoms with E-state index < -0.39 is 0 Å². The Balaban J connectivity index is 2.34. The molecule has 2 aromatic rings. The molecule has 1 aromatic carbocycles. The molecule has 1 atom stereocenters. The zero-order chi connectivity index (χ0) is 12.4. The predicted octanol–water partition coefficient (Wildman–Crippen LogP) is 4.69. The van der Waals surface area contributed by atoms with Gasteiger partial charge in [-0.2, -0.15) is 0 Å². The first kappa shape index (κ1) is 12.5. The van der Waals surface area contributed by atoms with Gasteiger partial charge in [0.05, 0.1) is 18.8 Å². The van der Waals surface area contributed by atoms with Crippen molar-refractivity contribution in [3.63, 3.8) is 0 Å². The standard InChI is InChI=1S/C13H12BrClO2/c1-8-5-9(7-17-8)13(15)11-4-3-10(16-2)6-12(11)14/h3-7,13H,1-2H3. The molecular formula is C13H12BrClO2. The topological polar surface area (TPSA) is 22.4 Å². The van der Waals surface area contributed by atoms with Gasteiger partial charge in [0.1, 0.15) is 11.5 Å². The van der Waals surface area contributed by atoms with Crippen molar-refractivity contribution in [2.24, 2.45) is 0 Å². The molecule has 0 fully saturated rings. The molecule has 90 valence electrons. The minimum atomic E-state index is -0.229. The third-order valence-electron chi connectivity index (χ3n) is 2.52. The summed E-state index contributed by atoms with van der Waals surface area (Å²) < 4.78 is 11.3. The molecule has 0 radical (unpaired) electrons. The van der Waals surface area contributed by atoms with Crippen molar-refractivity contribution in [2.45, 2.75) is 12.3 Å². The van der Waals surface area contributed by atoms with Crippen LogP contribution in [0.3, 0.4) is 0 Å². The Labute approximate surface area is 114 Å². The van der Waals surface area contributed by atoms with Gasteiger partial charge in [0, 0.05) is 10.0 Å². The summed E-state index contributed by atoms with van der Waals surface area (Å²) in [4.78, 5) is 0. The van der Waals surface area contributed by atoms with Gasteiger partial charge >= 0.3 is 0 Å². The van der Waals surface area contributed by atoms with Crippen LogP contribution in [0.2, 0.25) is 0 Å². The Hall–Kier alpha value is -0.930. The number of alkyl halides is 1. The molecule has 0 aliphatic rings. The molecule has 0 amide bonds. The highest BCUT2D eigenvalue weighted by atomic mass is 79.9. The average molecular weight is 316 g/mol. The quantitative estimate of drug-likeness (QED) is 0.767. The molecule has 0 saturated carbocycles. The van der Waals surface area contributed by atoms with Crippen LogP contribution < -0.4 is 4.74 Å². The van der Waals surface area contributed by atoms with Crippen molar-refractivity contribution in [3.05, 3.63) is 51.9 Å². The van der Waals surface area contributed by atoms with E-state index in [1.165, 1.54) is 0 Å². The van der Waals surface area contributed by atoms with E-state index in [1.807, 2.05) is 31.2 Å². The first-order valence-electron chi connectivity index (χ1n) is 5.14. The highest BCUT2D eigenvalue weighted by Gasteiger charge is 2.16. The van der Waals surface area contributed by atoms with Gasteiger partial charge in [-0.1, -0.05) is 22.0 Å². The van der Waals surface area contributed by atoms with Crippen molar-refractivity contribution in [2.75, 3.05) is 7.11 Å². The summed E-state index contributed by atoms with van der Waals surface area (Å²) in [6.07, 6.45) is 1.68. The summed E-state index contributed by atoms with van der Waals surface area (Å²) in [5.41, 5.74) is 1.95. The predicted molar refractivity (Wildman–Crippen MR) is 71.8 cm³/mol. The van der Waals surface area contributed by atoms with Crippen molar-refractivity contribution in [1.82, 2.24) is 0 Å². The number of hydrogen-bond donors (Lipinski definition) is 0. The van der Waals surface area contributed by atoms with Gasteiger partial charge in [-0.05, 0) is 30.7 Å². The normalized spacial score (nSPS) is 12.5. The maximum absolute atomic E-state index is 6.41. The SMILES string of the molecule is COc1ccc(C(Cl)c2coc(C)c2)c(Br)c1. The summed E-state index contributed by atoms with van der Waals surface area (Å²) in [7, 11) is 1.64. The van der Waals surface area contributed by atoms with E-state index in [4.69, 9.17) is 20.8 Å². The first-order chi connectivity index (χ1) is 8.11. The molecule has 1 unspecified atom stereocenters. The maximum Gasteiger partial charge on any atom is 0.120 e. The van der Waals surface area contributed by atoms with E-state index in [1.54, 1.807) is 13.4 Å². The fraction of sp³-hybridized carbons (Fsp3) is 0.231. The molecule has 2 nitrogen and oxygen atoms in total. The van der Waals surface area contributed by atoms with Gasteiger partial charge in [0.15, 0.2) is 0 Å². The number of rotatable bonds is 3. The number of halogens is 2. The number of furan rings is 1. The smallest absolute Gasteiger partial charge is 0.120 e. The van der Waals surface area contributed by atoms with Gasteiger partial charge in [-0.15, -0.1) is 11.6 Å². The zero-order valence-electron chi connectivity index (χ0n) is 9.54. The van der Waals surface area contributed by atoms with Crippen LogP contribution in [0, 0.1) is 6.92 Å². The van der Waals surface area contributed by atoms with Crippen molar-refractivity contribution in [1.29, 1.82) is 0 Å². The van der Waals surface area contributed by atoms with Crippen LogP contribution in [0.1, 0.15) is 22.3 Å². The highest BCUT2D eigenvalue weighted by molar-refractivity contribution is 9.10. The second-order valence-corrected chi connectivity index (χ2v) is 5.03. The number of ether oxygens (including phenoxy) is 1. The Morgan fingerprint density at radius 1 is 1.35 bits per heavy atom. The van der Waals surface area contributed by atoms with Gasteiger partial charge in [0.25, 0.3) is 0 Å². The monoisotopic (exact) mass is 314 g/mol. The molecular weight excluding hydrogens is 303 g/mol. The molecule has 0 N–H and O–H groups in total. The third kappa shape index (κ3) is 2.67. The minimum Gasteiger partial charge on any atom is -0.497 e. The van der Waals surface area contributed by atoms with Crippen molar-refractivity contribution in [3.8, 4) is 5.75 Å². The maximum atomic E-state index is 6.41. The van der Waals surface area contributed by atoms with Crippen molar-refractivity contribution >= 4 is 27.5 Å². The second-order valence-electron chi connectivity index (χ2n) is 3.74. The lowest BCUT2D eigenvalue weighted by atomic mass is 10.1. The second kappa shape index (κ2) is 5.15. The molecule has 4 heteroatoms. The fourth-order valence-corrected chi connectivity index (χ4v) is 2.64. The van der Waals surface area contributed by atoms with Crippen LogP contribution in [0.15, 0.2) is 39.4 Å². The summed E-state index contributed by atoms with van der Waals surface area (Å²) in [6, 6.07) is 7.68. The van der Waals surface area contributed by atoms with E-state index in [0.29, 0.717) is 0 Å². The van der Waals surface area contributed by atoms with E-state index in [0.717, 1.165) is 27.1 Å². The molecule has 2 rings (SSSR count). The minimum absolute atomic E-state index is 0.229. The molecule has 0 aliphatic carbocycles. The Morgan fingerprint density at radius 3 is 2.65 bits per heavy atom. The van der Waals surface area contributed by atoms with Gasteiger partial charge in [0.2, 0.25) is 0 Å². The lowest BCUT2D eigenvalue weighted by Gasteiger charge is -2.11. The lowest BCUT2D eigenvalue weighted by Crippen LogP contribution is -1.93. The summed E-state index contributed by atoms with van der Waals surface area (Å²) in [5, 5.41) is -0.229. The Morgan fingerprint density at radius 2 is 2.12 bits per heavy atom. The Bertz CT molecular complexity index is 522. The summed E-state index contributed by atoms with van der Waals surface area (Å²) in [5.74, 6) is 1.66. The summed E-state index contributed by atoms with van der Waals surface area (Å²) >= 11 is 9.91. The van der Waals surface area contributed by atoms with E-state index in [2.05, 4.69) is 15.9 Å². The van der Waals surface area contributed by atoms with Crippen molar-refractivity contribution < 1.29 is 9.15 Å². The fourth-order valence-electron chi connectivity index (χ4n) is 1.62. The first-order valence-corrected chi connectivity index (χ1v) is 6.37. The van der Waals surface area contributed by atoms with Crippen LogP contribution in [0.4, 0.5) is 0 Å². The molecule has 1 heterocycles. The average Bonchev–Trinajstić information content (AvgIpc) is 2.75. The molecule has 0 saturated heterocycles. The zero-order valence-corrected chi connectivity index (χ0v) is 11.9. The van der Waals surface area contributed by atoms with Crippen LogP contribution in [-0.4, -0.2) is 7.11 Å².